The lowest BCUT2D eigenvalue weighted by Gasteiger charge is -2.18. The van der Waals surface area contributed by atoms with E-state index < -0.39 is 11.4 Å². The average molecular weight is 380 g/mol. The largest absolute Gasteiger partial charge is 0.423 e. The number of carbonyl (C=O) groups is 3. The first-order chi connectivity index (χ1) is 13.2. The lowest BCUT2D eigenvalue weighted by atomic mass is 9.95. The molecule has 2 aromatic rings. The van der Waals surface area contributed by atoms with Crippen LogP contribution in [0.3, 0.4) is 0 Å². The molecule has 0 saturated carbocycles. The highest BCUT2D eigenvalue weighted by atomic mass is 16.5. The SMILES string of the molecule is CC(C)(C)C(=O)Nc1cccc(C(=O)Oc2ccc(N3CCCC3=O)cc2)c1. The van der Waals surface area contributed by atoms with Gasteiger partial charge in [0.1, 0.15) is 5.75 Å². The first-order valence-corrected chi connectivity index (χ1v) is 9.28. The van der Waals surface area contributed by atoms with Gasteiger partial charge in [0.25, 0.3) is 0 Å². The standard InChI is InChI=1S/C22H24N2O4/c1-22(2,3)21(27)23-16-7-4-6-15(14-16)20(26)28-18-11-9-17(10-12-18)24-13-5-8-19(24)25/h4,6-7,9-12,14H,5,8,13H2,1-3H3,(H,23,27). The Morgan fingerprint density at radius 1 is 1.07 bits per heavy atom. The van der Waals surface area contributed by atoms with Gasteiger partial charge in [-0.1, -0.05) is 26.8 Å². The predicted octanol–water partition coefficient (Wildman–Crippen LogP) is 4.02. The molecule has 1 aliphatic rings. The molecule has 0 aromatic heterocycles. The van der Waals surface area contributed by atoms with Gasteiger partial charge in [0, 0.05) is 29.8 Å². The van der Waals surface area contributed by atoms with Crippen LogP contribution >= 0.6 is 0 Å². The summed E-state index contributed by atoms with van der Waals surface area (Å²) in [5, 5.41) is 2.80. The number of rotatable bonds is 4. The first-order valence-electron chi connectivity index (χ1n) is 9.28. The molecule has 28 heavy (non-hydrogen) atoms. The third-order valence-electron chi connectivity index (χ3n) is 4.47. The van der Waals surface area contributed by atoms with Crippen molar-refractivity contribution in [2.24, 2.45) is 5.41 Å². The third-order valence-corrected chi connectivity index (χ3v) is 4.47. The van der Waals surface area contributed by atoms with E-state index in [0.29, 0.717) is 30.0 Å². The van der Waals surface area contributed by atoms with Crippen LogP contribution in [0.25, 0.3) is 0 Å². The molecule has 1 fully saturated rings. The maximum atomic E-state index is 12.4. The number of ether oxygens (including phenoxy) is 1. The van der Waals surface area contributed by atoms with Crippen LogP contribution < -0.4 is 15.0 Å². The number of benzene rings is 2. The first kappa shape index (κ1) is 19.6. The van der Waals surface area contributed by atoms with E-state index in [2.05, 4.69) is 5.32 Å². The maximum Gasteiger partial charge on any atom is 0.343 e. The van der Waals surface area contributed by atoms with Crippen molar-refractivity contribution in [2.75, 3.05) is 16.8 Å². The van der Waals surface area contributed by atoms with E-state index in [1.54, 1.807) is 53.4 Å². The van der Waals surface area contributed by atoms with Gasteiger partial charge in [-0.25, -0.2) is 4.79 Å². The van der Waals surface area contributed by atoms with Gasteiger partial charge < -0.3 is 15.0 Å². The Labute approximate surface area is 164 Å². The van der Waals surface area contributed by atoms with E-state index in [1.165, 1.54) is 0 Å². The molecule has 0 atom stereocenters. The van der Waals surface area contributed by atoms with Crippen LogP contribution in [0.15, 0.2) is 48.5 Å². The quantitative estimate of drug-likeness (QED) is 0.642. The number of anilines is 2. The fourth-order valence-corrected chi connectivity index (χ4v) is 2.82. The molecular formula is C22H24N2O4. The summed E-state index contributed by atoms with van der Waals surface area (Å²) in [5.74, 6) is -0.148. The molecule has 0 bridgehead atoms. The van der Waals surface area contributed by atoms with Crippen molar-refractivity contribution in [1.29, 1.82) is 0 Å². The van der Waals surface area contributed by atoms with Crippen LogP contribution in [-0.2, 0) is 9.59 Å². The smallest absolute Gasteiger partial charge is 0.343 e. The van der Waals surface area contributed by atoms with Crippen molar-refractivity contribution in [3.63, 3.8) is 0 Å². The molecule has 146 valence electrons. The number of hydrogen-bond acceptors (Lipinski definition) is 4. The summed E-state index contributed by atoms with van der Waals surface area (Å²) >= 11 is 0. The van der Waals surface area contributed by atoms with Crippen LogP contribution in [-0.4, -0.2) is 24.3 Å². The zero-order chi connectivity index (χ0) is 20.3. The molecule has 1 heterocycles. The summed E-state index contributed by atoms with van der Waals surface area (Å²) in [6.07, 6.45) is 1.43. The minimum atomic E-state index is -0.533. The Hall–Kier alpha value is -3.15. The zero-order valence-corrected chi connectivity index (χ0v) is 16.3. The Morgan fingerprint density at radius 2 is 1.79 bits per heavy atom. The molecule has 6 nitrogen and oxygen atoms in total. The normalized spacial score (nSPS) is 14.1. The summed E-state index contributed by atoms with van der Waals surface area (Å²) in [7, 11) is 0. The molecule has 0 aliphatic carbocycles. The van der Waals surface area contributed by atoms with Crippen molar-refractivity contribution in [3.8, 4) is 5.75 Å². The fraction of sp³-hybridized carbons (Fsp3) is 0.318. The summed E-state index contributed by atoms with van der Waals surface area (Å²) in [6, 6.07) is 13.5. The van der Waals surface area contributed by atoms with E-state index in [9.17, 15) is 14.4 Å². The fourth-order valence-electron chi connectivity index (χ4n) is 2.82. The molecule has 1 aliphatic heterocycles. The number of nitrogens with one attached hydrogen (secondary N) is 1. The topological polar surface area (TPSA) is 75.7 Å². The molecule has 1 N–H and O–H groups in total. The van der Waals surface area contributed by atoms with Gasteiger partial charge in [-0.05, 0) is 48.9 Å². The molecular weight excluding hydrogens is 356 g/mol. The molecule has 3 rings (SSSR count). The van der Waals surface area contributed by atoms with Crippen LogP contribution in [0.1, 0.15) is 44.0 Å². The van der Waals surface area contributed by atoms with E-state index in [4.69, 9.17) is 4.74 Å². The van der Waals surface area contributed by atoms with Crippen molar-refractivity contribution in [2.45, 2.75) is 33.6 Å². The van der Waals surface area contributed by atoms with E-state index in [0.717, 1.165) is 12.1 Å². The van der Waals surface area contributed by atoms with Gasteiger partial charge in [-0.15, -0.1) is 0 Å². The van der Waals surface area contributed by atoms with Crippen LogP contribution in [0.2, 0.25) is 0 Å². The highest BCUT2D eigenvalue weighted by Gasteiger charge is 2.22. The number of hydrogen-bond donors (Lipinski definition) is 1. The van der Waals surface area contributed by atoms with Gasteiger partial charge in [0.15, 0.2) is 0 Å². The maximum absolute atomic E-state index is 12.4. The van der Waals surface area contributed by atoms with Gasteiger partial charge in [-0.3, -0.25) is 9.59 Å². The molecule has 2 amide bonds. The molecule has 0 spiro atoms. The molecule has 0 unspecified atom stereocenters. The highest BCUT2D eigenvalue weighted by molar-refractivity contribution is 5.97. The van der Waals surface area contributed by atoms with Gasteiger partial charge >= 0.3 is 5.97 Å². The van der Waals surface area contributed by atoms with Crippen molar-refractivity contribution >= 4 is 29.2 Å². The van der Waals surface area contributed by atoms with Crippen molar-refractivity contribution < 1.29 is 19.1 Å². The molecule has 0 radical (unpaired) electrons. The number of esters is 1. The monoisotopic (exact) mass is 380 g/mol. The lowest BCUT2D eigenvalue weighted by molar-refractivity contribution is -0.123. The zero-order valence-electron chi connectivity index (χ0n) is 16.3. The summed E-state index contributed by atoms with van der Waals surface area (Å²) in [4.78, 5) is 38.1. The van der Waals surface area contributed by atoms with Crippen LogP contribution in [0.5, 0.6) is 5.75 Å². The van der Waals surface area contributed by atoms with E-state index in [1.807, 2.05) is 20.8 Å². The second-order valence-corrected chi connectivity index (χ2v) is 7.82. The van der Waals surface area contributed by atoms with Gasteiger partial charge in [-0.2, -0.15) is 0 Å². The van der Waals surface area contributed by atoms with Crippen molar-refractivity contribution in [3.05, 3.63) is 54.1 Å². The molecule has 1 saturated heterocycles. The Balaban J connectivity index is 1.67. The Morgan fingerprint density at radius 3 is 2.39 bits per heavy atom. The predicted molar refractivity (Wildman–Crippen MR) is 108 cm³/mol. The van der Waals surface area contributed by atoms with E-state index in [-0.39, 0.29) is 11.8 Å². The lowest BCUT2D eigenvalue weighted by Crippen LogP contribution is -2.27. The Bertz CT molecular complexity index is 897. The minimum Gasteiger partial charge on any atom is -0.423 e. The Kier molecular flexibility index (Phi) is 5.49. The van der Waals surface area contributed by atoms with E-state index >= 15 is 0 Å². The molecule has 2 aromatic carbocycles. The minimum absolute atomic E-state index is 0.110. The summed E-state index contributed by atoms with van der Waals surface area (Å²) < 4.78 is 5.42. The summed E-state index contributed by atoms with van der Waals surface area (Å²) in [5.41, 5.74) is 1.14. The third kappa shape index (κ3) is 4.57. The highest BCUT2D eigenvalue weighted by Crippen LogP contribution is 2.25. The average Bonchev–Trinajstić information content (AvgIpc) is 3.08. The number of carbonyl (C=O) groups excluding carboxylic acids is 3. The van der Waals surface area contributed by atoms with Crippen LogP contribution in [0, 0.1) is 5.41 Å². The number of nitrogens with zero attached hydrogens (tertiary/aromatic N) is 1. The van der Waals surface area contributed by atoms with Crippen molar-refractivity contribution in [1.82, 2.24) is 0 Å². The molecule has 6 heteroatoms. The summed E-state index contributed by atoms with van der Waals surface area (Å²) in [6.45, 7) is 6.17. The van der Waals surface area contributed by atoms with Gasteiger partial charge in [0.05, 0.1) is 5.56 Å². The second-order valence-electron chi connectivity index (χ2n) is 7.82. The van der Waals surface area contributed by atoms with Gasteiger partial charge in [0.2, 0.25) is 11.8 Å². The number of amides is 2. The van der Waals surface area contributed by atoms with Crippen LogP contribution in [0.4, 0.5) is 11.4 Å². The second kappa shape index (κ2) is 7.84.